The van der Waals surface area contributed by atoms with Crippen molar-refractivity contribution >= 4 is 12.0 Å². The predicted molar refractivity (Wildman–Crippen MR) is 74.2 cm³/mol. The first-order chi connectivity index (χ1) is 8.74. The van der Waals surface area contributed by atoms with Crippen LogP contribution in [0.5, 0.6) is 0 Å². The van der Waals surface area contributed by atoms with Crippen LogP contribution in [0.3, 0.4) is 0 Å². The van der Waals surface area contributed by atoms with Gasteiger partial charge < -0.3 is 9.47 Å². The lowest BCUT2D eigenvalue weighted by atomic mass is 10.2. The van der Waals surface area contributed by atoms with Crippen LogP contribution in [0.2, 0.25) is 0 Å². The Morgan fingerprint density at radius 1 is 1.22 bits per heavy atom. The van der Waals surface area contributed by atoms with Crippen molar-refractivity contribution in [2.24, 2.45) is 0 Å². The number of esters is 1. The normalized spacial score (nSPS) is 8.72. The van der Waals surface area contributed by atoms with Gasteiger partial charge in [0.2, 0.25) is 0 Å². The van der Waals surface area contributed by atoms with Gasteiger partial charge in [0, 0.05) is 12.7 Å². The Labute approximate surface area is 109 Å². The molecule has 3 nitrogen and oxygen atoms in total. The molecule has 98 valence electrons. The van der Waals surface area contributed by atoms with Crippen LogP contribution < -0.4 is 0 Å². The predicted octanol–water partition coefficient (Wildman–Crippen LogP) is 3.08. The van der Waals surface area contributed by atoms with E-state index in [1.165, 1.54) is 5.56 Å². The summed E-state index contributed by atoms with van der Waals surface area (Å²) >= 11 is 0. The summed E-state index contributed by atoms with van der Waals surface area (Å²) in [4.78, 5) is 10.4. The maximum atomic E-state index is 10.4. The first kappa shape index (κ1) is 16.1. The summed E-state index contributed by atoms with van der Waals surface area (Å²) in [5, 5.41) is 0. The van der Waals surface area contributed by atoms with Gasteiger partial charge in [-0.2, -0.15) is 0 Å². The number of rotatable bonds is 6. The van der Waals surface area contributed by atoms with Crippen molar-refractivity contribution < 1.29 is 14.3 Å². The van der Waals surface area contributed by atoms with Crippen LogP contribution in [0.1, 0.15) is 12.5 Å². The molecule has 0 heterocycles. The monoisotopic (exact) mass is 248 g/mol. The van der Waals surface area contributed by atoms with Crippen LogP contribution in [0.15, 0.2) is 49.6 Å². The average molecular weight is 248 g/mol. The third kappa shape index (κ3) is 9.36. The second-order valence-electron chi connectivity index (χ2n) is 3.18. The summed E-state index contributed by atoms with van der Waals surface area (Å²) in [6.45, 7) is 10.2. The minimum Gasteiger partial charge on any atom is -0.460 e. The summed E-state index contributed by atoms with van der Waals surface area (Å²) in [6.07, 6.45) is 2.96. The molecule has 0 N–H and O–H groups in total. The topological polar surface area (TPSA) is 35.5 Å². The molecule has 0 bridgehead atoms. The molecule has 0 aliphatic rings. The molecule has 0 saturated carbocycles. The van der Waals surface area contributed by atoms with Gasteiger partial charge in [0.1, 0.15) is 6.61 Å². The van der Waals surface area contributed by atoms with Gasteiger partial charge in [-0.25, -0.2) is 4.79 Å². The van der Waals surface area contributed by atoms with E-state index in [4.69, 9.17) is 4.74 Å². The molecule has 0 aromatic heterocycles. The van der Waals surface area contributed by atoms with Gasteiger partial charge in [-0.15, -0.1) is 0 Å². The molecule has 0 radical (unpaired) electrons. The molecule has 0 aliphatic heterocycles. The summed E-state index contributed by atoms with van der Waals surface area (Å²) < 4.78 is 9.53. The molecule has 1 aromatic rings. The van der Waals surface area contributed by atoms with Gasteiger partial charge in [-0.05, 0) is 12.5 Å². The van der Waals surface area contributed by atoms with Gasteiger partial charge in [-0.3, -0.25) is 0 Å². The summed E-state index contributed by atoms with van der Waals surface area (Å²) in [7, 11) is 0. The SMILES string of the molecule is C=CC(=O)OCCOCC.C=Cc1ccccc1. The van der Waals surface area contributed by atoms with E-state index in [1.807, 2.05) is 43.3 Å². The van der Waals surface area contributed by atoms with Crippen molar-refractivity contribution in [2.45, 2.75) is 6.92 Å². The number of carbonyl (C=O) groups is 1. The first-order valence-electron chi connectivity index (χ1n) is 5.79. The molecule has 0 saturated heterocycles. The van der Waals surface area contributed by atoms with Crippen molar-refractivity contribution in [3.8, 4) is 0 Å². The highest BCUT2D eigenvalue weighted by Crippen LogP contribution is 1.97. The number of ether oxygens (including phenoxy) is 2. The van der Waals surface area contributed by atoms with Crippen LogP contribution in [-0.2, 0) is 14.3 Å². The molecule has 1 rings (SSSR count). The Kier molecular flexibility index (Phi) is 10.4. The minimum absolute atomic E-state index is 0.304. The number of carbonyl (C=O) groups excluding carboxylic acids is 1. The highest BCUT2D eigenvalue weighted by molar-refractivity contribution is 5.81. The molecular weight excluding hydrogens is 228 g/mol. The molecule has 0 atom stereocenters. The van der Waals surface area contributed by atoms with E-state index < -0.39 is 5.97 Å². The van der Waals surface area contributed by atoms with Crippen LogP contribution in [0, 0.1) is 0 Å². The second kappa shape index (κ2) is 11.6. The number of hydrogen-bond donors (Lipinski definition) is 0. The fourth-order valence-corrected chi connectivity index (χ4v) is 0.994. The molecular formula is C15H20O3. The standard InChI is InChI=1S/C8H8.C7H12O3/c1-2-8-6-4-3-5-7-8;1-3-7(8)10-6-5-9-4-2/h2-7H,1H2;3H,1,4-6H2,2H3. The lowest BCUT2D eigenvalue weighted by molar-refractivity contribution is -0.139. The van der Waals surface area contributed by atoms with Gasteiger partial charge in [0.25, 0.3) is 0 Å². The number of hydrogen-bond acceptors (Lipinski definition) is 3. The smallest absolute Gasteiger partial charge is 0.330 e. The molecule has 1 aromatic carbocycles. The minimum atomic E-state index is -0.403. The van der Waals surface area contributed by atoms with E-state index in [2.05, 4.69) is 17.9 Å². The van der Waals surface area contributed by atoms with E-state index in [9.17, 15) is 4.79 Å². The third-order valence-corrected chi connectivity index (χ3v) is 1.88. The lowest BCUT2D eigenvalue weighted by Gasteiger charge is -2.00. The van der Waals surface area contributed by atoms with E-state index in [1.54, 1.807) is 0 Å². The summed E-state index contributed by atoms with van der Waals surface area (Å²) in [5.74, 6) is -0.403. The molecule has 0 unspecified atom stereocenters. The van der Waals surface area contributed by atoms with Crippen LogP contribution >= 0.6 is 0 Å². The third-order valence-electron chi connectivity index (χ3n) is 1.88. The van der Waals surface area contributed by atoms with Crippen molar-refractivity contribution in [3.05, 3.63) is 55.1 Å². The zero-order valence-electron chi connectivity index (χ0n) is 10.8. The highest BCUT2D eigenvalue weighted by atomic mass is 16.6. The Morgan fingerprint density at radius 2 is 1.89 bits per heavy atom. The summed E-state index contributed by atoms with van der Waals surface area (Å²) in [6, 6.07) is 10.0. The summed E-state index contributed by atoms with van der Waals surface area (Å²) in [5.41, 5.74) is 1.17. The van der Waals surface area contributed by atoms with E-state index in [-0.39, 0.29) is 0 Å². The molecule has 0 fully saturated rings. The fourth-order valence-electron chi connectivity index (χ4n) is 0.994. The zero-order valence-corrected chi connectivity index (χ0v) is 10.8. The Bertz CT molecular complexity index is 344. The van der Waals surface area contributed by atoms with Crippen LogP contribution in [0.25, 0.3) is 6.08 Å². The lowest BCUT2D eigenvalue weighted by Crippen LogP contribution is -2.07. The molecule has 0 aliphatic carbocycles. The molecule has 18 heavy (non-hydrogen) atoms. The van der Waals surface area contributed by atoms with E-state index in [0.717, 1.165) is 6.08 Å². The largest absolute Gasteiger partial charge is 0.460 e. The van der Waals surface area contributed by atoms with Crippen LogP contribution in [0.4, 0.5) is 0 Å². The van der Waals surface area contributed by atoms with Gasteiger partial charge >= 0.3 is 5.97 Å². The van der Waals surface area contributed by atoms with Crippen molar-refractivity contribution in [1.82, 2.24) is 0 Å². The molecule has 3 heteroatoms. The zero-order chi connectivity index (χ0) is 13.6. The van der Waals surface area contributed by atoms with E-state index >= 15 is 0 Å². The maximum absolute atomic E-state index is 10.4. The Morgan fingerprint density at radius 3 is 2.33 bits per heavy atom. The average Bonchev–Trinajstić information content (AvgIpc) is 2.45. The van der Waals surface area contributed by atoms with Gasteiger partial charge in [0.05, 0.1) is 6.61 Å². The van der Waals surface area contributed by atoms with Gasteiger partial charge in [0.15, 0.2) is 0 Å². The van der Waals surface area contributed by atoms with Crippen molar-refractivity contribution in [2.75, 3.05) is 19.8 Å². The molecule has 0 amide bonds. The Hall–Kier alpha value is -1.87. The van der Waals surface area contributed by atoms with Crippen molar-refractivity contribution in [1.29, 1.82) is 0 Å². The first-order valence-corrected chi connectivity index (χ1v) is 5.79. The van der Waals surface area contributed by atoms with Crippen LogP contribution in [-0.4, -0.2) is 25.8 Å². The second-order valence-corrected chi connectivity index (χ2v) is 3.18. The molecule has 0 spiro atoms. The van der Waals surface area contributed by atoms with Crippen molar-refractivity contribution in [3.63, 3.8) is 0 Å². The quantitative estimate of drug-likeness (QED) is 0.441. The number of benzene rings is 1. The highest BCUT2D eigenvalue weighted by Gasteiger charge is 1.92. The Balaban J connectivity index is 0.000000327. The van der Waals surface area contributed by atoms with Gasteiger partial charge in [-0.1, -0.05) is 49.6 Å². The maximum Gasteiger partial charge on any atom is 0.330 e. The fraction of sp³-hybridized carbons (Fsp3) is 0.267. The van der Waals surface area contributed by atoms with E-state index in [0.29, 0.717) is 19.8 Å².